The van der Waals surface area contributed by atoms with Crippen molar-refractivity contribution in [1.82, 2.24) is 4.40 Å². The summed E-state index contributed by atoms with van der Waals surface area (Å²) < 4.78 is 8.18. The van der Waals surface area contributed by atoms with Crippen molar-refractivity contribution >= 4 is 33.0 Å². The quantitative estimate of drug-likeness (QED) is 0.446. The largest absolute Gasteiger partial charge is 0.462 e. The first kappa shape index (κ1) is 17.3. The summed E-state index contributed by atoms with van der Waals surface area (Å²) in [5, 5.41) is 9.86. The molecular weight excluding hydrogens is 356 g/mol. The number of hydrogen-bond acceptors (Lipinski definition) is 4. The van der Waals surface area contributed by atoms with Gasteiger partial charge in [0.25, 0.3) is 0 Å². The zero-order chi connectivity index (χ0) is 19.1. The van der Waals surface area contributed by atoms with Gasteiger partial charge in [0.05, 0.1) is 27.9 Å². The van der Waals surface area contributed by atoms with Crippen molar-refractivity contribution in [3.63, 3.8) is 0 Å². The fourth-order valence-electron chi connectivity index (χ4n) is 3.65. The van der Waals surface area contributed by atoms with Gasteiger partial charge in [0.1, 0.15) is 10.9 Å². The molecule has 0 unspecified atom stereocenters. The van der Waals surface area contributed by atoms with Gasteiger partial charge in [0.15, 0.2) is 0 Å². The first-order chi connectivity index (χ1) is 13.1. The van der Waals surface area contributed by atoms with E-state index in [0.29, 0.717) is 17.0 Å². The summed E-state index contributed by atoms with van der Waals surface area (Å²) in [5.74, 6) is -0.348. The van der Waals surface area contributed by atoms with Crippen LogP contribution < -0.4 is 0 Å². The van der Waals surface area contributed by atoms with Crippen LogP contribution in [-0.2, 0) is 4.74 Å². The van der Waals surface area contributed by atoms with Crippen molar-refractivity contribution in [2.75, 3.05) is 6.61 Å². The monoisotopic (exact) mass is 374 g/mol. The minimum atomic E-state index is -0.348. The van der Waals surface area contributed by atoms with Gasteiger partial charge in [0.2, 0.25) is 0 Å². The van der Waals surface area contributed by atoms with Crippen molar-refractivity contribution in [2.24, 2.45) is 0 Å². The van der Waals surface area contributed by atoms with E-state index in [4.69, 9.17) is 4.74 Å². The number of pyridine rings is 1. The normalized spacial score (nSPS) is 11.0. The maximum absolute atomic E-state index is 12.7. The Morgan fingerprint density at radius 1 is 1.22 bits per heavy atom. The number of benzene rings is 1. The Bertz CT molecular complexity index is 1230. The standard InChI is InChI=1S/C22H18N2O2S/c1-4-26-22(25)21-17(15-8-6-5-7-9-15)19-20(27-21)16(11-23)18-14(3)10-13(2)12-24(18)19/h5-10,12H,4H2,1-3H3. The van der Waals surface area contributed by atoms with Crippen LogP contribution in [0.15, 0.2) is 42.6 Å². The van der Waals surface area contributed by atoms with E-state index < -0.39 is 0 Å². The molecule has 3 heterocycles. The van der Waals surface area contributed by atoms with Crippen LogP contribution in [0.2, 0.25) is 0 Å². The zero-order valence-electron chi connectivity index (χ0n) is 15.4. The van der Waals surface area contributed by atoms with Crippen molar-refractivity contribution in [2.45, 2.75) is 20.8 Å². The molecule has 1 aromatic carbocycles. The molecule has 0 N–H and O–H groups in total. The lowest BCUT2D eigenvalue weighted by atomic mass is 10.1. The molecule has 0 saturated heterocycles. The lowest BCUT2D eigenvalue weighted by Gasteiger charge is -2.08. The Hall–Kier alpha value is -3.10. The molecule has 3 aromatic heterocycles. The first-order valence-corrected chi connectivity index (χ1v) is 9.58. The van der Waals surface area contributed by atoms with E-state index in [-0.39, 0.29) is 5.97 Å². The van der Waals surface area contributed by atoms with Crippen molar-refractivity contribution in [1.29, 1.82) is 5.26 Å². The van der Waals surface area contributed by atoms with Crippen LogP contribution in [0.5, 0.6) is 0 Å². The molecule has 0 atom stereocenters. The number of aromatic nitrogens is 1. The van der Waals surface area contributed by atoms with Gasteiger partial charge >= 0.3 is 5.97 Å². The number of ether oxygens (including phenoxy) is 1. The van der Waals surface area contributed by atoms with E-state index >= 15 is 0 Å². The second-order valence-corrected chi connectivity index (χ2v) is 7.50. The highest BCUT2D eigenvalue weighted by Gasteiger charge is 2.27. The lowest BCUT2D eigenvalue weighted by Crippen LogP contribution is -2.04. The predicted octanol–water partition coefficient (Wildman–Crippen LogP) is 5.49. The van der Waals surface area contributed by atoms with Crippen molar-refractivity contribution in [3.8, 4) is 17.2 Å². The third-order valence-corrected chi connectivity index (χ3v) is 5.79. The maximum Gasteiger partial charge on any atom is 0.349 e. The second-order valence-electron chi connectivity index (χ2n) is 6.48. The molecule has 4 rings (SSSR count). The fourth-order valence-corrected chi connectivity index (χ4v) is 4.85. The van der Waals surface area contributed by atoms with E-state index in [1.807, 2.05) is 50.4 Å². The van der Waals surface area contributed by atoms with Crippen molar-refractivity contribution in [3.05, 3.63) is 64.2 Å². The van der Waals surface area contributed by atoms with Gasteiger partial charge in [-0.05, 0) is 37.5 Å². The molecule has 0 radical (unpaired) electrons. The van der Waals surface area contributed by atoms with Crippen LogP contribution in [-0.4, -0.2) is 17.0 Å². The van der Waals surface area contributed by atoms with Crippen LogP contribution in [0.25, 0.3) is 26.9 Å². The molecule has 5 heteroatoms. The number of aryl methyl sites for hydroxylation is 2. The molecule has 0 bridgehead atoms. The summed E-state index contributed by atoms with van der Waals surface area (Å²) in [7, 11) is 0. The Labute approximate surface area is 161 Å². The smallest absolute Gasteiger partial charge is 0.349 e. The third-order valence-electron chi connectivity index (χ3n) is 4.61. The molecule has 0 aliphatic carbocycles. The van der Waals surface area contributed by atoms with E-state index in [0.717, 1.165) is 38.0 Å². The minimum absolute atomic E-state index is 0.312. The van der Waals surface area contributed by atoms with Crippen molar-refractivity contribution < 1.29 is 9.53 Å². The Morgan fingerprint density at radius 2 is 1.96 bits per heavy atom. The van der Waals surface area contributed by atoms with Crippen LogP contribution >= 0.6 is 11.3 Å². The highest BCUT2D eigenvalue weighted by Crippen LogP contribution is 2.43. The summed E-state index contributed by atoms with van der Waals surface area (Å²) in [4.78, 5) is 13.2. The highest BCUT2D eigenvalue weighted by atomic mass is 32.1. The molecule has 0 aliphatic rings. The van der Waals surface area contributed by atoms with Gasteiger partial charge < -0.3 is 9.14 Å². The van der Waals surface area contributed by atoms with Crippen LogP contribution in [0.1, 0.15) is 33.3 Å². The average molecular weight is 374 g/mol. The van der Waals surface area contributed by atoms with Gasteiger partial charge in [-0.1, -0.05) is 36.4 Å². The van der Waals surface area contributed by atoms with Crippen LogP contribution in [0.3, 0.4) is 0 Å². The highest BCUT2D eigenvalue weighted by molar-refractivity contribution is 7.21. The number of thiophene rings is 1. The summed E-state index contributed by atoms with van der Waals surface area (Å²) in [6.07, 6.45) is 2.03. The summed E-state index contributed by atoms with van der Waals surface area (Å²) in [6.45, 7) is 6.16. The number of nitriles is 1. The van der Waals surface area contributed by atoms with E-state index in [9.17, 15) is 10.1 Å². The predicted molar refractivity (Wildman–Crippen MR) is 108 cm³/mol. The van der Waals surface area contributed by atoms with Crippen LogP contribution in [0.4, 0.5) is 0 Å². The van der Waals surface area contributed by atoms with E-state index in [1.165, 1.54) is 11.3 Å². The molecule has 4 aromatic rings. The Kier molecular flexibility index (Phi) is 4.21. The number of carbonyl (C=O) groups excluding carboxylic acids is 1. The molecule has 0 aliphatic heterocycles. The van der Waals surface area contributed by atoms with Gasteiger partial charge in [-0.25, -0.2) is 4.79 Å². The zero-order valence-corrected chi connectivity index (χ0v) is 16.2. The molecular formula is C22H18N2O2S. The molecule has 27 heavy (non-hydrogen) atoms. The maximum atomic E-state index is 12.7. The Morgan fingerprint density at radius 3 is 2.63 bits per heavy atom. The molecule has 0 fully saturated rings. The number of carbonyl (C=O) groups is 1. The summed E-state index contributed by atoms with van der Waals surface area (Å²) >= 11 is 1.34. The van der Waals surface area contributed by atoms with Gasteiger partial charge in [-0.15, -0.1) is 11.3 Å². The SMILES string of the molecule is CCOC(=O)c1sc2c(C#N)c3c(C)cc(C)cn3c2c1-c1ccccc1. The van der Waals surface area contributed by atoms with Crippen LogP contribution in [0, 0.1) is 25.2 Å². The summed E-state index contributed by atoms with van der Waals surface area (Å²) in [5.41, 5.74) is 6.33. The lowest BCUT2D eigenvalue weighted by molar-refractivity contribution is 0.0533. The fraction of sp³-hybridized carbons (Fsp3) is 0.182. The molecule has 0 saturated carbocycles. The molecule has 134 valence electrons. The number of rotatable bonds is 3. The van der Waals surface area contributed by atoms with E-state index in [1.54, 1.807) is 6.92 Å². The molecule has 0 spiro atoms. The first-order valence-electron chi connectivity index (χ1n) is 8.77. The topological polar surface area (TPSA) is 54.5 Å². The number of esters is 1. The third kappa shape index (κ3) is 2.61. The Balaban J connectivity index is 2.21. The molecule has 0 amide bonds. The molecule has 4 nitrogen and oxygen atoms in total. The van der Waals surface area contributed by atoms with E-state index in [2.05, 4.69) is 16.5 Å². The van der Waals surface area contributed by atoms with Gasteiger partial charge in [-0.2, -0.15) is 5.26 Å². The number of fused-ring (bicyclic) bond motifs is 3. The number of nitrogens with zero attached hydrogens (tertiary/aromatic N) is 2. The van der Waals surface area contributed by atoms with Gasteiger partial charge in [-0.3, -0.25) is 0 Å². The summed E-state index contributed by atoms with van der Waals surface area (Å²) in [6, 6.07) is 14.2. The second kappa shape index (κ2) is 6.57. The van der Waals surface area contributed by atoms with Gasteiger partial charge in [0, 0.05) is 11.8 Å². The average Bonchev–Trinajstić information content (AvgIpc) is 3.18. The minimum Gasteiger partial charge on any atom is -0.462 e. The number of hydrogen-bond donors (Lipinski definition) is 0.